The lowest BCUT2D eigenvalue weighted by atomic mass is 9.31. The van der Waals surface area contributed by atoms with Gasteiger partial charge in [-0.2, -0.15) is 0 Å². The summed E-state index contributed by atoms with van der Waals surface area (Å²) in [6.07, 6.45) is 13.0. The summed E-state index contributed by atoms with van der Waals surface area (Å²) in [4.78, 5) is 39.0. The zero-order chi connectivity index (χ0) is 38.1. The molecule has 5 aliphatic carbocycles. The average molecular weight is 720 g/mol. The van der Waals surface area contributed by atoms with Gasteiger partial charge in [0, 0.05) is 6.42 Å². The van der Waals surface area contributed by atoms with E-state index in [4.69, 9.17) is 0 Å². The minimum Gasteiger partial charge on any atom is -0.480 e. The second-order valence-corrected chi connectivity index (χ2v) is 18.9. The molecule has 2 aromatic rings. The zero-order valence-corrected chi connectivity index (χ0v) is 32.8. The molecule has 0 aromatic heterocycles. The molecule has 10 unspecified atom stereocenters. The van der Waals surface area contributed by atoms with Crippen molar-refractivity contribution in [3.63, 3.8) is 0 Å². The minimum atomic E-state index is -0.980. The molecule has 1 amide bonds. The number of carbonyl (C=O) groups is 3. The van der Waals surface area contributed by atoms with E-state index >= 15 is 0 Å². The van der Waals surface area contributed by atoms with Gasteiger partial charge in [0.15, 0.2) is 0 Å². The minimum absolute atomic E-state index is 0.0506. The van der Waals surface area contributed by atoms with Gasteiger partial charge in [-0.25, -0.2) is 9.59 Å². The van der Waals surface area contributed by atoms with Crippen LogP contribution >= 0.6 is 0 Å². The van der Waals surface area contributed by atoms with Crippen LogP contribution in [0.5, 0.6) is 0 Å². The van der Waals surface area contributed by atoms with Crippen molar-refractivity contribution < 1.29 is 24.6 Å². The summed E-state index contributed by atoms with van der Waals surface area (Å²) in [6, 6.07) is 16.1. The largest absolute Gasteiger partial charge is 0.480 e. The summed E-state index contributed by atoms with van der Waals surface area (Å²) in [5, 5.41) is 22.9. The second kappa shape index (κ2) is 13.3. The van der Waals surface area contributed by atoms with Crippen molar-refractivity contribution in [3.8, 4) is 0 Å². The Morgan fingerprint density at radius 3 is 2.19 bits per heavy atom. The molecule has 6 heteroatoms. The highest BCUT2D eigenvalue weighted by atomic mass is 16.4. The highest BCUT2D eigenvalue weighted by molar-refractivity contribution is 5.89. The third-order valence-electron chi connectivity index (χ3n) is 16.7. The number of carboxylic acid groups (broad SMARTS) is 2. The number of hydrogen-bond acceptors (Lipinski definition) is 3. The standard InChI is InChI=1S/C47H61NO5/c1-8-47-27-26-46(42(53)48-36(41(51)52)28-30-12-10-9-11-13-30)25-20-33(29(2)3)39(46)35(47)18-19-38-44(6)23-21-34(31-14-16-32(17-15-31)40(49)50)43(4,5)37(44)22-24-45(38,47)7/h9-17,21,33,35-39H,2,8,18-20,22-28H2,1,3-7H3,(H,48,53)(H,49,50)(H,51,52). The van der Waals surface area contributed by atoms with E-state index in [1.165, 1.54) is 17.6 Å². The lowest BCUT2D eigenvalue weighted by Gasteiger charge is -2.73. The Bertz CT molecular complexity index is 1810. The number of carboxylic acids is 2. The molecule has 0 aliphatic heterocycles. The van der Waals surface area contributed by atoms with Crippen molar-refractivity contribution in [2.45, 2.75) is 118 Å². The number of aliphatic carboxylic acids is 1. The number of amides is 1. The van der Waals surface area contributed by atoms with E-state index in [-0.39, 0.29) is 45.8 Å². The van der Waals surface area contributed by atoms with E-state index in [9.17, 15) is 24.6 Å². The summed E-state index contributed by atoms with van der Waals surface area (Å²) in [5.74, 6) is -0.0855. The number of benzene rings is 2. The fourth-order valence-corrected chi connectivity index (χ4v) is 14.4. The highest BCUT2D eigenvalue weighted by Crippen LogP contribution is 2.78. The predicted octanol–water partition coefficient (Wildman–Crippen LogP) is 10.2. The number of carbonyl (C=O) groups excluding carboxylic acids is 1. The van der Waals surface area contributed by atoms with E-state index in [2.05, 4.69) is 59.5 Å². The maximum atomic E-state index is 14.8. The monoisotopic (exact) mass is 719 g/mol. The van der Waals surface area contributed by atoms with E-state index in [0.29, 0.717) is 23.3 Å². The molecule has 5 aliphatic rings. The van der Waals surface area contributed by atoms with Gasteiger partial charge in [0.1, 0.15) is 6.04 Å². The first kappa shape index (κ1) is 37.6. The molecule has 0 bridgehead atoms. The first-order chi connectivity index (χ1) is 25.1. The fraction of sp³-hybridized carbons (Fsp3) is 0.596. The van der Waals surface area contributed by atoms with Crippen molar-refractivity contribution in [3.05, 3.63) is 89.5 Å². The maximum Gasteiger partial charge on any atom is 0.335 e. The molecule has 7 rings (SSSR count). The Kier molecular flexibility index (Phi) is 9.42. The van der Waals surface area contributed by atoms with Crippen LogP contribution in [0.2, 0.25) is 0 Å². The third-order valence-corrected chi connectivity index (χ3v) is 16.7. The lowest BCUT2D eigenvalue weighted by molar-refractivity contribution is -0.233. The van der Waals surface area contributed by atoms with Crippen LogP contribution in [-0.4, -0.2) is 34.1 Å². The molecule has 3 N–H and O–H groups in total. The molecule has 4 fully saturated rings. The Morgan fingerprint density at radius 1 is 0.868 bits per heavy atom. The smallest absolute Gasteiger partial charge is 0.335 e. The van der Waals surface area contributed by atoms with Gasteiger partial charge < -0.3 is 15.5 Å². The number of hydrogen-bond donors (Lipinski definition) is 3. The van der Waals surface area contributed by atoms with Crippen LogP contribution in [0.3, 0.4) is 0 Å². The number of rotatable bonds is 9. The predicted molar refractivity (Wildman–Crippen MR) is 210 cm³/mol. The topological polar surface area (TPSA) is 104 Å². The van der Waals surface area contributed by atoms with Crippen LogP contribution in [0.25, 0.3) is 5.57 Å². The maximum absolute atomic E-state index is 14.8. The van der Waals surface area contributed by atoms with Gasteiger partial charge in [0.25, 0.3) is 0 Å². The zero-order valence-electron chi connectivity index (χ0n) is 32.8. The molecule has 2 aromatic carbocycles. The quantitative estimate of drug-likeness (QED) is 0.224. The van der Waals surface area contributed by atoms with Crippen LogP contribution in [-0.2, 0) is 16.0 Å². The molecule has 0 radical (unpaired) electrons. The average Bonchev–Trinajstić information content (AvgIpc) is 3.53. The molecule has 0 saturated heterocycles. The van der Waals surface area contributed by atoms with Crippen molar-refractivity contribution in [2.24, 2.45) is 56.7 Å². The van der Waals surface area contributed by atoms with Gasteiger partial charge in [-0.3, -0.25) is 4.79 Å². The van der Waals surface area contributed by atoms with Gasteiger partial charge in [-0.15, -0.1) is 0 Å². The van der Waals surface area contributed by atoms with Gasteiger partial charge in [0.2, 0.25) is 5.91 Å². The molecule has 6 nitrogen and oxygen atoms in total. The molecule has 284 valence electrons. The number of allylic oxidation sites excluding steroid dienone is 3. The van der Waals surface area contributed by atoms with Gasteiger partial charge >= 0.3 is 11.9 Å². The second-order valence-electron chi connectivity index (χ2n) is 18.9. The molecule has 10 atom stereocenters. The van der Waals surface area contributed by atoms with Crippen molar-refractivity contribution in [1.29, 1.82) is 0 Å². The Hall–Kier alpha value is -3.67. The summed E-state index contributed by atoms with van der Waals surface area (Å²) in [7, 11) is 0. The first-order valence-electron chi connectivity index (χ1n) is 20.3. The number of nitrogens with one attached hydrogen (secondary N) is 1. The van der Waals surface area contributed by atoms with Crippen LogP contribution in [0.1, 0.15) is 127 Å². The summed E-state index contributed by atoms with van der Waals surface area (Å²) in [6.45, 7) is 19.1. The van der Waals surface area contributed by atoms with Crippen LogP contribution in [0.4, 0.5) is 0 Å². The van der Waals surface area contributed by atoms with E-state index in [1.54, 1.807) is 12.1 Å². The first-order valence-corrected chi connectivity index (χ1v) is 20.3. The van der Waals surface area contributed by atoms with Crippen molar-refractivity contribution in [2.75, 3.05) is 0 Å². The number of aromatic carboxylic acids is 1. The van der Waals surface area contributed by atoms with Gasteiger partial charge in [-0.1, -0.05) is 95.3 Å². The summed E-state index contributed by atoms with van der Waals surface area (Å²) >= 11 is 0. The molecular weight excluding hydrogens is 659 g/mol. The van der Waals surface area contributed by atoms with Crippen molar-refractivity contribution in [1.82, 2.24) is 5.32 Å². The van der Waals surface area contributed by atoms with Crippen LogP contribution < -0.4 is 5.32 Å². The SMILES string of the molecule is C=C(C)C1CCC2(C(=O)NC(Cc3ccccc3)C(=O)O)CCC3(CC)C(CCC4C5(C)CC=C(c6ccc(C(=O)O)cc6)C(C)(C)C5CCC43C)C12. The number of fused-ring (bicyclic) bond motifs is 7. The Labute approximate surface area is 316 Å². The van der Waals surface area contributed by atoms with E-state index < -0.39 is 23.4 Å². The Balaban J connectivity index is 1.22. The summed E-state index contributed by atoms with van der Waals surface area (Å²) < 4.78 is 0. The van der Waals surface area contributed by atoms with Crippen molar-refractivity contribution >= 4 is 23.4 Å². The summed E-state index contributed by atoms with van der Waals surface area (Å²) in [5.41, 5.74) is 4.55. The van der Waals surface area contributed by atoms with Crippen LogP contribution in [0.15, 0.2) is 72.8 Å². The molecule has 4 saturated carbocycles. The van der Waals surface area contributed by atoms with E-state index in [1.807, 2.05) is 42.5 Å². The van der Waals surface area contributed by atoms with Crippen LogP contribution in [0, 0.1) is 56.7 Å². The highest BCUT2D eigenvalue weighted by Gasteiger charge is 2.72. The normalized spacial score (nSPS) is 37.5. The molecule has 0 heterocycles. The third kappa shape index (κ3) is 5.58. The molecule has 0 spiro atoms. The fourth-order valence-electron chi connectivity index (χ4n) is 14.4. The Morgan fingerprint density at radius 2 is 1.57 bits per heavy atom. The van der Waals surface area contributed by atoms with Gasteiger partial charge in [0.05, 0.1) is 11.0 Å². The lowest BCUT2D eigenvalue weighted by Crippen LogP contribution is -2.67. The molecule has 53 heavy (non-hydrogen) atoms. The molecular formula is C47H61NO5. The van der Waals surface area contributed by atoms with Gasteiger partial charge in [-0.05, 0) is 151 Å². The van der Waals surface area contributed by atoms with E-state index in [0.717, 1.165) is 68.9 Å².